The second-order valence-corrected chi connectivity index (χ2v) is 7.02. The minimum Gasteiger partial charge on any atom is -0.868 e. The van der Waals surface area contributed by atoms with Crippen LogP contribution in [0.4, 0.5) is 11.4 Å². The highest BCUT2D eigenvalue weighted by Crippen LogP contribution is 2.36. The van der Waals surface area contributed by atoms with Crippen molar-refractivity contribution in [2.24, 2.45) is 0 Å². The zero-order valence-electron chi connectivity index (χ0n) is 13.0. The highest BCUT2D eigenvalue weighted by molar-refractivity contribution is 8.27. The fraction of sp³-hybridized carbons (Fsp3) is 0.0588. The van der Waals surface area contributed by atoms with Crippen LogP contribution in [0.15, 0.2) is 47.4 Å². The van der Waals surface area contributed by atoms with Crippen LogP contribution in [0.1, 0.15) is 11.1 Å². The number of nitro groups is 1. The van der Waals surface area contributed by atoms with Crippen LogP contribution in [0, 0.1) is 17.0 Å². The van der Waals surface area contributed by atoms with E-state index in [1.165, 1.54) is 17.0 Å². The summed E-state index contributed by atoms with van der Waals surface area (Å²) in [6.07, 6.45) is 1.50. The van der Waals surface area contributed by atoms with Crippen molar-refractivity contribution in [2.45, 2.75) is 6.92 Å². The summed E-state index contributed by atoms with van der Waals surface area (Å²) in [7, 11) is 0. The molecule has 1 saturated heterocycles. The number of hydrogen-bond acceptors (Lipinski definition) is 6. The van der Waals surface area contributed by atoms with Crippen LogP contribution in [0.3, 0.4) is 0 Å². The first kappa shape index (κ1) is 17.1. The molecule has 1 fully saturated rings. The maximum Gasteiger partial charge on any atom is 0.270 e. The van der Waals surface area contributed by atoms with Crippen LogP contribution in [0.2, 0.25) is 0 Å². The standard InChI is InChI=1S/C17H12N2O4S2/c1-10-3-2-4-12(7-10)18-16(21)15(25-17(18)24)9-11-5-6-14(20)13(8-11)19(22)23/h2-9,20H,1H3/p-1/b15-9+. The Kier molecular flexibility index (Phi) is 4.56. The number of nitro benzene ring substituents is 1. The van der Waals surface area contributed by atoms with E-state index < -0.39 is 16.4 Å². The quantitative estimate of drug-likeness (QED) is 0.356. The molecule has 0 saturated carbocycles. The Bertz CT molecular complexity index is 940. The summed E-state index contributed by atoms with van der Waals surface area (Å²) in [6.45, 7) is 1.92. The minimum absolute atomic E-state index is 0.297. The first-order chi connectivity index (χ1) is 11.9. The fourth-order valence-corrected chi connectivity index (χ4v) is 3.67. The third-order valence-corrected chi connectivity index (χ3v) is 4.83. The number of rotatable bonds is 3. The normalized spacial score (nSPS) is 15.9. The molecule has 0 spiro atoms. The molecule has 8 heteroatoms. The number of nitrogens with zero attached hydrogens (tertiary/aromatic N) is 2. The van der Waals surface area contributed by atoms with Crippen LogP contribution in [-0.2, 0) is 4.79 Å². The first-order valence-electron chi connectivity index (χ1n) is 7.17. The van der Waals surface area contributed by atoms with Crippen LogP contribution in [-0.4, -0.2) is 15.2 Å². The Labute approximate surface area is 152 Å². The van der Waals surface area contributed by atoms with E-state index in [9.17, 15) is 20.0 Å². The number of thioether (sulfide) groups is 1. The van der Waals surface area contributed by atoms with E-state index in [1.54, 1.807) is 6.07 Å². The number of thiocarbonyl (C=S) groups is 1. The molecule has 1 amide bonds. The zero-order valence-corrected chi connectivity index (χ0v) is 14.6. The molecule has 126 valence electrons. The second kappa shape index (κ2) is 6.66. The van der Waals surface area contributed by atoms with Crippen molar-refractivity contribution < 1.29 is 14.8 Å². The summed E-state index contributed by atoms with van der Waals surface area (Å²) in [5.74, 6) is -0.969. The third kappa shape index (κ3) is 3.40. The Morgan fingerprint density at radius 1 is 1.24 bits per heavy atom. The van der Waals surface area contributed by atoms with E-state index in [0.29, 0.717) is 20.5 Å². The molecule has 1 aliphatic rings. The van der Waals surface area contributed by atoms with E-state index in [4.69, 9.17) is 12.2 Å². The second-order valence-electron chi connectivity index (χ2n) is 5.34. The van der Waals surface area contributed by atoms with Gasteiger partial charge in [0, 0.05) is 6.07 Å². The Balaban J connectivity index is 1.96. The molecule has 0 radical (unpaired) electrons. The number of carbonyl (C=O) groups is 1. The van der Waals surface area contributed by atoms with Gasteiger partial charge in [-0.25, -0.2) is 0 Å². The smallest absolute Gasteiger partial charge is 0.270 e. The minimum atomic E-state index is -0.738. The topological polar surface area (TPSA) is 86.5 Å². The van der Waals surface area contributed by atoms with Gasteiger partial charge in [-0.3, -0.25) is 19.8 Å². The molecule has 0 aliphatic carbocycles. The van der Waals surface area contributed by atoms with E-state index in [1.807, 2.05) is 25.1 Å². The molecule has 6 nitrogen and oxygen atoms in total. The van der Waals surface area contributed by atoms with Crippen molar-refractivity contribution >= 4 is 51.7 Å². The van der Waals surface area contributed by atoms with E-state index in [2.05, 4.69) is 0 Å². The summed E-state index contributed by atoms with van der Waals surface area (Å²) in [6, 6.07) is 11.1. The van der Waals surface area contributed by atoms with Gasteiger partial charge in [0.15, 0.2) is 4.32 Å². The lowest BCUT2D eigenvalue weighted by atomic mass is 10.1. The van der Waals surface area contributed by atoms with E-state index >= 15 is 0 Å². The molecule has 0 aromatic heterocycles. The molecule has 1 heterocycles. The van der Waals surface area contributed by atoms with Gasteiger partial charge in [0.1, 0.15) is 0 Å². The van der Waals surface area contributed by atoms with Crippen LogP contribution < -0.4 is 10.0 Å². The maximum absolute atomic E-state index is 12.7. The SMILES string of the molecule is Cc1cccc(N2C(=O)/C(=C\c3ccc([O-])c([N+](=O)[O-])c3)SC2=S)c1. The van der Waals surface area contributed by atoms with Gasteiger partial charge < -0.3 is 5.11 Å². The summed E-state index contributed by atoms with van der Waals surface area (Å²) in [5.41, 5.74) is 1.54. The van der Waals surface area contributed by atoms with Gasteiger partial charge in [0.2, 0.25) is 0 Å². The molecule has 0 bridgehead atoms. The van der Waals surface area contributed by atoms with Crippen LogP contribution in [0.5, 0.6) is 5.75 Å². The van der Waals surface area contributed by atoms with Gasteiger partial charge in [-0.2, -0.15) is 0 Å². The van der Waals surface area contributed by atoms with Gasteiger partial charge in [-0.15, -0.1) is 0 Å². The first-order valence-corrected chi connectivity index (χ1v) is 8.39. The van der Waals surface area contributed by atoms with Gasteiger partial charge >= 0.3 is 0 Å². The Hall–Kier alpha value is -2.71. The highest BCUT2D eigenvalue weighted by atomic mass is 32.2. The van der Waals surface area contributed by atoms with Crippen molar-refractivity contribution in [1.82, 2.24) is 0 Å². The number of carbonyl (C=O) groups excluding carboxylic acids is 1. The summed E-state index contributed by atoms with van der Waals surface area (Å²) < 4.78 is 0.386. The fourth-order valence-electron chi connectivity index (χ4n) is 2.38. The average molecular weight is 371 g/mol. The number of hydrogen-bond donors (Lipinski definition) is 0. The molecule has 25 heavy (non-hydrogen) atoms. The molecule has 1 aliphatic heterocycles. The number of amides is 1. The maximum atomic E-state index is 12.7. The van der Waals surface area contributed by atoms with E-state index in [0.717, 1.165) is 29.5 Å². The highest BCUT2D eigenvalue weighted by Gasteiger charge is 2.33. The van der Waals surface area contributed by atoms with Crippen LogP contribution >= 0.6 is 24.0 Å². The predicted molar refractivity (Wildman–Crippen MR) is 99.4 cm³/mol. The van der Waals surface area contributed by atoms with Gasteiger partial charge in [0.05, 0.1) is 15.5 Å². The summed E-state index contributed by atoms with van der Waals surface area (Å²) >= 11 is 6.41. The van der Waals surface area contributed by atoms with Crippen molar-refractivity contribution in [3.8, 4) is 5.75 Å². The molecule has 3 rings (SSSR count). The molecule has 2 aromatic rings. The Morgan fingerprint density at radius 2 is 2.00 bits per heavy atom. The predicted octanol–water partition coefficient (Wildman–Crippen LogP) is 3.38. The van der Waals surface area contributed by atoms with Crippen molar-refractivity contribution in [3.63, 3.8) is 0 Å². The molecule has 0 N–H and O–H groups in total. The lowest BCUT2D eigenvalue weighted by Crippen LogP contribution is -2.27. The van der Waals surface area contributed by atoms with Crippen molar-refractivity contribution in [3.05, 3.63) is 68.6 Å². The van der Waals surface area contributed by atoms with Crippen molar-refractivity contribution in [1.29, 1.82) is 0 Å². The lowest BCUT2D eigenvalue weighted by Gasteiger charge is -2.14. The lowest BCUT2D eigenvalue weighted by molar-refractivity contribution is -0.398. The molecule has 2 aromatic carbocycles. The van der Waals surface area contributed by atoms with Gasteiger partial charge in [-0.05, 0) is 42.0 Å². The van der Waals surface area contributed by atoms with Crippen molar-refractivity contribution in [2.75, 3.05) is 4.90 Å². The summed E-state index contributed by atoms with van der Waals surface area (Å²) in [5, 5.41) is 22.4. The third-order valence-electron chi connectivity index (χ3n) is 3.53. The average Bonchev–Trinajstić information content (AvgIpc) is 2.83. The molecular weight excluding hydrogens is 360 g/mol. The number of anilines is 1. The number of aryl methyl sites for hydroxylation is 1. The molecule has 0 atom stereocenters. The molecular formula is C17H11N2O4S2-. The van der Waals surface area contributed by atoms with Gasteiger partial charge in [0.25, 0.3) is 11.6 Å². The summed E-state index contributed by atoms with van der Waals surface area (Å²) in [4.78, 5) is 24.6. The van der Waals surface area contributed by atoms with Gasteiger partial charge in [-0.1, -0.05) is 48.2 Å². The molecule has 0 unspecified atom stereocenters. The Morgan fingerprint density at radius 3 is 2.68 bits per heavy atom. The number of benzene rings is 2. The van der Waals surface area contributed by atoms with Crippen LogP contribution in [0.25, 0.3) is 6.08 Å². The monoisotopic (exact) mass is 371 g/mol. The van der Waals surface area contributed by atoms with E-state index in [-0.39, 0.29) is 5.91 Å². The zero-order chi connectivity index (χ0) is 18.1. The largest absolute Gasteiger partial charge is 0.868 e.